The van der Waals surface area contributed by atoms with Gasteiger partial charge in [0.1, 0.15) is 0 Å². The van der Waals surface area contributed by atoms with E-state index in [4.69, 9.17) is 0 Å². The van der Waals surface area contributed by atoms with Gasteiger partial charge in [-0.3, -0.25) is 4.79 Å². The lowest BCUT2D eigenvalue weighted by molar-refractivity contribution is -0.121. The summed E-state index contributed by atoms with van der Waals surface area (Å²) in [5.41, 5.74) is 2.49. The van der Waals surface area contributed by atoms with E-state index in [9.17, 15) is 4.79 Å². The maximum atomic E-state index is 11.8. The minimum Gasteiger partial charge on any atom is -0.348 e. The number of carbonyl (C=O) groups is 1. The molecule has 0 bridgehead atoms. The number of aryl methyl sites for hydroxylation is 1. The lowest BCUT2D eigenvalue weighted by atomic mass is 9.95. The second-order valence-corrected chi connectivity index (χ2v) is 6.31. The van der Waals surface area contributed by atoms with Crippen molar-refractivity contribution in [1.29, 1.82) is 0 Å². The molecule has 2 nitrogen and oxygen atoms in total. The van der Waals surface area contributed by atoms with Gasteiger partial charge in [-0.25, -0.2) is 0 Å². The standard InChI is InChI=1S/C15H22BrNO/c1-5-12-6-8-13(9-7-12)14(10(2)3)17-15(18)11(4)16/h6-11,14H,5H2,1-4H3,(H,17,18). The molecule has 18 heavy (non-hydrogen) atoms. The molecule has 2 unspecified atom stereocenters. The van der Waals surface area contributed by atoms with Crippen LogP contribution >= 0.6 is 15.9 Å². The first kappa shape index (κ1) is 15.2. The van der Waals surface area contributed by atoms with Gasteiger partial charge in [0.25, 0.3) is 0 Å². The molecule has 0 radical (unpaired) electrons. The molecule has 100 valence electrons. The Hall–Kier alpha value is -0.830. The van der Waals surface area contributed by atoms with Crippen LogP contribution in [0.1, 0.15) is 44.9 Å². The van der Waals surface area contributed by atoms with Crippen molar-refractivity contribution in [1.82, 2.24) is 5.32 Å². The normalized spacial score (nSPS) is 14.3. The van der Waals surface area contributed by atoms with Gasteiger partial charge in [0.2, 0.25) is 5.91 Å². The van der Waals surface area contributed by atoms with Crippen molar-refractivity contribution in [2.45, 2.75) is 45.0 Å². The smallest absolute Gasteiger partial charge is 0.233 e. The van der Waals surface area contributed by atoms with Crippen LogP contribution < -0.4 is 5.32 Å². The van der Waals surface area contributed by atoms with Gasteiger partial charge in [-0.1, -0.05) is 61.0 Å². The summed E-state index contributed by atoms with van der Waals surface area (Å²) in [5, 5.41) is 3.08. The van der Waals surface area contributed by atoms with Crippen LogP contribution in [-0.2, 0) is 11.2 Å². The highest BCUT2D eigenvalue weighted by atomic mass is 79.9. The Morgan fingerprint density at radius 1 is 1.22 bits per heavy atom. The molecule has 1 rings (SSSR count). The molecule has 0 spiro atoms. The van der Waals surface area contributed by atoms with Crippen LogP contribution in [0.5, 0.6) is 0 Å². The van der Waals surface area contributed by atoms with E-state index in [2.05, 4.69) is 66.3 Å². The number of amides is 1. The summed E-state index contributed by atoms with van der Waals surface area (Å²) in [6.45, 7) is 8.23. The third-order valence-electron chi connectivity index (χ3n) is 3.07. The van der Waals surface area contributed by atoms with Crippen molar-refractivity contribution in [2.75, 3.05) is 0 Å². The summed E-state index contributed by atoms with van der Waals surface area (Å²) >= 11 is 3.30. The van der Waals surface area contributed by atoms with Crippen LogP contribution in [0.25, 0.3) is 0 Å². The highest BCUT2D eigenvalue weighted by Gasteiger charge is 2.20. The van der Waals surface area contributed by atoms with E-state index in [1.165, 1.54) is 11.1 Å². The van der Waals surface area contributed by atoms with Crippen LogP contribution in [0, 0.1) is 5.92 Å². The van der Waals surface area contributed by atoms with E-state index in [0.717, 1.165) is 6.42 Å². The molecule has 0 saturated heterocycles. The van der Waals surface area contributed by atoms with Gasteiger partial charge in [-0.15, -0.1) is 0 Å². The number of benzene rings is 1. The zero-order valence-electron chi connectivity index (χ0n) is 11.5. The van der Waals surface area contributed by atoms with Gasteiger partial charge in [0.05, 0.1) is 10.9 Å². The molecule has 0 heterocycles. The highest BCUT2D eigenvalue weighted by Crippen LogP contribution is 2.22. The highest BCUT2D eigenvalue weighted by molar-refractivity contribution is 9.10. The van der Waals surface area contributed by atoms with Gasteiger partial charge >= 0.3 is 0 Å². The van der Waals surface area contributed by atoms with Crippen molar-refractivity contribution in [3.8, 4) is 0 Å². The maximum Gasteiger partial charge on any atom is 0.233 e. The fourth-order valence-electron chi connectivity index (χ4n) is 1.86. The molecule has 1 N–H and O–H groups in total. The number of carbonyl (C=O) groups excluding carboxylic acids is 1. The van der Waals surface area contributed by atoms with Crippen LogP contribution in [0.15, 0.2) is 24.3 Å². The first-order valence-corrected chi connectivity index (χ1v) is 7.40. The SMILES string of the molecule is CCc1ccc(C(NC(=O)C(C)Br)C(C)C)cc1. The third kappa shape index (κ3) is 4.13. The van der Waals surface area contributed by atoms with Crippen molar-refractivity contribution in [2.24, 2.45) is 5.92 Å². The fraction of sp³-hybridized carbons (Fsp3) is 0.533. The quantitative estimate of drug-likeness (QED) is 0.822. The van der Waals surface area contributed by atoms with Gasteiger partial charge in [-0.05, 0) is 30.4 Å². The Morgan fingerprint density at radius 3 is 2.17 bits per heavy atom. The topological polar surface area (TPSA) is 29.1 Å². The molecule has 3 heteroatoms. The fourth-order valence-corrected chi connectivity index (χ4v) is 2.00. The predicted molar refractivity (Wildman–Crippen MR) is 79.9 cm³/mol. The van der Waals surface area contributed by atoms with E-state index in [1.54, 1.807) is 0 Å². The molecule has 0 saturated carbocycles. The molecule has 0 aliphatic rings. The van der Waals surface area contributed by atoms with E-state index in [1.807, 2.05) is 6.92 Å². The summed E-state index contributed by atoms with van der Waals surface area (Å²) in [6, 6.07) is 8.57. The van der Waals surface area contributed by atoms with Crippen molar-refractivity contribution in [3.05, 3.63) is 35.4 Å². The molecule has 0 aliphatic heterocycles. The van der Waals surface area contributed by atoms with Crippen molar-refractivity contribution in [3.63, 3.8) is 0 Å². The molecule has 2 atom stereocenters. The van der Waals surface area contributed by atoms with Gasteiger partial charge in [-0.2, -0.15) is 0 Å². The minimum absolute atomic E-state index is 0.0354. The Kier molecular flexibility index (Phi) is 5.86. The average Bonchev–Trinajstić information content (AvgIpc) is 2.35. The molecule has 1 aromatic carbocycles. The second-order valence-electron chi connectivity index (χ2n) is 4.94. The van der Waals surface area contributed by atoms with Crippen LogP contribution in [-0.4, -0.2) is 10.7 Å². The average molecular weight is 312 g/mol. The molecule has 0 aromatic heterocycles. The summed E-state index contributed by atoms with van der Waals surface area (Å²) in [4.78, 5) is 11.6. The monoisotopic (exact) mass is 311 g/mol. The Bertz CT molecular complexity index is 384. The predicted octanol–water partition coefficient (Wildman–Crippen LogP) is 3.85. The number of hydrogen-bond donors (Lipinski definition) is 1. The number of nitrogens with one attached hydrogen (secondary N) is 1. The maximum absolute atomic E-state index is 11.8. The number of halogens is 1. The zero-order valence-corrected chi connectivity index (χ0v) is 13.1. The number of alkyl halides is 1. The van der Waals surface area contributed by atoms with Crippen LogP contribution in [0.2, 0.25) is 0 Å². The third-order valence-corrected chi connectivity index (χ3v) is 3.49. The van der Waals surface area contributed by atoms with Gasteiger partial charge in [0.15, 0.2) is 0 Å². The largest absolute Gasteiger partial charge is 0.348 e. The second kappa shape index (κ2) is 6.93. The van der Waals surface area contributed by atoms with Crippen molar-refractivity contribution >= 4 is 21.8 Å². The first-order chi connectivity index (χ1) is 8.45. The molecule has 1 aromatic rings. The summed E-state index contributed by atoms with van der Waals surface area (Å²) < 4.78 is 0. The van der Waals surface area contributed by atoms with E-state index >= 15 is 0 Å². The first-order valence-electron chi connectivity index (χ1n) is 6.49. The minimum atomic E-state index is -0.159. The van der Waals surface area contributed by atoms with Gasteiger partial charge < -0.3 is 5.32 Å². The zero-order chi connectivity index (χ0) is 13.7. The van der Waals surface area contributed by atoms with E-state index in [0.29, 0.717) is 5.92 Å². The van der Waals surface area contributed by atoms with Crippen LogP contribution in [0.3, 0.4) is 0 Å². The lowest BCUT2D eigenvalue weighted by Gasteiger charge is -2.24. The number of rotatable bonds is 5. The summed E-state index contributed by atoms with van der Waals surface area (Å²) in [5.74, 6) is 0.404. The lowest BCUT2D eigenvalue weighted by Crippen LogP contribution is -2.35. The van der Waals surface area contributed by atoms with Crippen LogP contribution in [0.4, 0.5) is 0 Å². The van der Waals surface area contributed by atoms with E-state index in [-0.39, 0.29) is 16.8 Å². The molecular formula is C15H22BrNO. The number of hydrogen-bond acceptors (Lipinski definition) is 1. The summed E-state index contributed by atoms with van der Waals surface area (Å²) in [7, 11) is 0. The molecule has 0 fully saturated rings. The Balaban J connectivity index is 2.87. The molecular weight excluding hydrogens is 290 g/mol. The van der Waals surface area contributed by atoms with E-state index < -0.39 is 0 Å². The Labute approximate surface area is 118 Å². The Morgan fingerprint density at radius 2 is 1.78 bits per heavy atom. The molecule has 1 amide bonds. The summed E-state index contributed by atoms with van der Waals surface area (Å²) in [6.07, 6.45) is 1.04. The van der Waals surface area contributed by atoms with Crippen molar-refractivity contribution < 1.29 is 4.79 Å². The molecule has 0 aliphatic carbocycles. The van der Waals surface area contributed by atoms with Gasteiger partial charge in [0, 0.05) is 0 Å².